The second-order valence-electron chi connectivity index (χ2n) is 3.76. The van der Waals surface area contributed by atoms with E-state index in [1.165, 1.54) is 0 Å². The topological polar surface area (TPSA) is 95.2 Å². The fourth-order valence-electron chi connectivity index (χ4n) is 2.11. The van der Waals surface area contributed by atoms with E-state index in [9.17, 15) is 0 Å². The summed E-state index contributed by atoms with van der Waals surface area (Å²) >= 11 is 0. The van der Waals surface area contributed by atoms with Gasteiger partial charge in [0.05, 0.1) is 24.3 Å². The first-order valence-corrected chi connectivity index (χ1v) is 4.84. The van der Waals surface area contributed by atoms with Crippen LogP contribution in [0.2, 0.25) is 0 Å². The highest BCUT2D eigenvalue weighted by Gasteiger charge is 2.80. The summed E-state index contributed by atoms with van der Waals surface area (Å²) in [5.74, 6) is -0.407. The van der Waals surface area contributed by atoms with Gasteiger partial charge in [0.1, 0.15) is 0 Å². The van der Waals surface area contributed by atoms with E-state index >= 15 is 0 Å². The second-order valence-corrected chi connectivity index (χ2v) is 3.76. The van der Waals surface area contributed by atoms with Gasteiger partial charge in [-0.15, -0.1) is 0 Å². The Morgan fingerprint density at radius 1 is 0.933 bits per heavy atom. The maximum absolute atomic E-state index is 8.95. The Labute approximate surface area is 89.0 Å². The zero-order valence-electron chi connectivity index (χ0n) is 8.49. The van der Waals surface area contributed by atoms with Gasteiger partial charge in [0.25, 0.3) is 0 Å². The molecule has 0 spiro atoms. The molecule has 1 rings (SSSR count). The van der Waals surface area contributed by atoms with Crippen LogP contribution in [-0.4, -0.2) is 0 Å². The Morgan fingerprint density at radius 3 is 1.60 bits per heavy atom. The summed E-state index contributed by atoms with van der Waals surface area (Å²) in [4.78, 5) is 0. The fourth-order valence-corrected chi connectivity index (χ4v) is 2.11. The molecule has 1 fully saturated rings. The summed E-state index contributed by atoms with van der Waals surface area (Å²) in [6.45, 7) is 1.99. The summed E-state index contributed by atoms with van der Waals surface area (Å²) in [5, 5.41) is 35.8. The lowest BCUT2D eigenvalue weighted by Gasteiger charge is -1.94. The molecule has 1 aliphatic rings. The highest BCUT2D eigenvalue weighted by molar-refractivity contribution is 5.50. The minimum atomic E-state index is -1.40. The molecule has 4 heteroatoms. The van der Waals surface area contributed by atoms with E-state index in [1.54, 1.807) is 0 Å². The average Bonchev–Trinajstić information content (AvgIpc) is 2.88. The molecular formula is C11H10N4. The molecule has 0 aromatic carbocycles. The van der Waals surface area contributed by atoms with Crippen LogP contribution in [0, 0.1) is 62.1 Å². The third kappa shape index (κ3) is 1.09. The van der Waals surface area contributed by atoms with E-state index in [2.05, 4.69) is 0 Å². The Bertz CT molecular complexity index is 357. The molecule has 15 heavy (non-hydrogen) atoms. The molecule has 4 nitrogen and oxygen atoms in total. The van der Waals surface area contributed by atoms with E-state index in [-0.39, 0.29) is 0 Å². The average molecular weight is 198 g/mol. The Kier molecular flexibility index (Phi) is 2.65. The molecule has 1 saturated carbocycles. The van der Waals surface area contributed by atoms with Crippen LogP contribution in [-0.2, 0) is 0 Å². The van der Waals surface area contributed by atoms with E-state index in [1.807, 2.05) is 31.2 Å². The molecule has 1 aliphatic carbocycles. The predicted octanol–water partition coefficient (Wildman–Crippen LogP) is 1.87. The molecule has 0 N–H and O–H groups in total. The number of rotatable bonds is 3. The van der Waals surface area contributed by atoms with Gasteiger partial charge in [0.2, 0.25) is 0 Å². The number of hydrogen-bond donors (Lipinski definition) is 0. The van der Waals surface area contributed by atoms with Crippen LogP contribution < -0.4 is 0 Å². The minimum Gasteiger partial charge on any atom is -0.196 e. The van der Waals surface area contributed by atoms with Crippen molar-refractivity contribution in [3.05, 3.63) is 0 Å². The summed E-state index contributed by atoms with van der Waals surface area (Å²) in [6, 6.07) is 7.39. The van der Waals surface area contributed by atoms with Gasteiger partial charge in [0, 0.05) is 5.92 Å². The first kappa shape index (κ1) is 11.0. The zero-order chi connectivity index (χ0) is 11.5. The van der Waals surface area contributed by atoms with E-state index in [0.717, 1.165) is 12.8 Å². The summed E-state index contributed by atoms with van der Waals surface area (Å²) < 4.78 is 0. The predicted molar refractivity (Wildman–Crippen MR) is 50.3 cm³/mol. The Morgan fingerprint density at radius 2 is 1.33 bits per heavy atom. The van der Waals surface area contributed by atoms with Crippen molar-refractivity contribution < 1.29 is 0 Å². The summed E-state index contributed by atoms with van der Waals surface area (Å²) in [7, 11) is 0. The normalized spacial score (nSPS) is 20.3. The first-order valence-electron chi connectivity index (χ1n) is 4.84. The molecule has 0 radical (unpaired) electrons. The van der Waals surface area contributed by atoms with Gasteiger partial charge in [0.15, 0.2) is 10.8 Å². The van der Waals surface area contributed by atoms with Crippen LogP contribution in [0.4, 0.5) is 0 Å². The molecule has 0 aliphatic heterocycles. The minimum absolute atomic E-state index is 0.407. The quantitative estimate of drug-likeness (QED) is 0.691. The summed E-state index contributed by atoms with van der Waals surface area (Å²) in [6.07, 6.45) is 2.36. The van der Waals surface area contributed by atoms with Crippen molar-refractivity contribution in [3.63, 3.8) is 0 Å². The van der Waals surface area contributed by atoms with Crippen molar-refractivity contribution in [2.24, 2.45) is 16.7 Å². The van der Waals surface area contributed by atoms with Gasteiger partial charge in [-0.1, -0.05) is 19.8 Å². The molecule has 0 unspecified atom stereocenters. The van der Waals surface area contributed by atoms with Gasteiger partial charge in [-0.05, 0) is 6.42 Å². The molecule has 0 aromatic rings. The van der Waals surface area contributed by atoms with Gasteiger partial charge in [-0.25, -0.2) is 0 Å². The van der Waals surface area contributed by atoms with E-state index in [4.69, 9.17) is 21.0 Å². The largest absolute Gasteiger partial charge is 0.196 e. The lowest BCUT2D eigenvalue weighted by Crippen LogP contribution is -2.05. The van der Waals surface area contributed by atoms with Crippen molar-refractivity contribution in [2.45, 2.75) is 26.2 Å². The maximum Gasteiger partial charge on any atom is 0.181 e. The van der Waals surface area contributed by atoms with Crippen molar-refractivity contribution in [2.75, 3.05) is 0 Å². The molecular weight excluding hydrogens is 188 g/mol. The van der Waals surface area contributed by atoms with Crippen molar-refractivity contribution in [1.82, 2.24) is 0 Å². The van der Waals surface area contributed by atoms with Crippen molar-refractivity contribution >= 4 is 0 Å². The molecule has 0 amide bonds. The van der Waals surface area contributed by atoms with Crippen molar-refractivity contribution in [3.8, 4) is 24.3 Å². The Hall–Kier alpha value is -2.04. The number of hydrogen-bond acceptors (Lipinski definition) is 4. The van der Waals surface area contributed by atoms with E-state index < -0.39 is 16.7 Å². The monoisotopic (exact) mass is 198 g/mol. The van der Waals surface area contributed by atoms with Gasteiger partial charge >= 0.3 is 0 Å². The van der Waals surface area contributed by atoms with Crippen molar-refractivity contribution in [1.29, 1.82) is 21.0 Å². The van der Waals surface area contributed by atoms with Gasteiger partial charge in [-0.2, -0.15) is 21.0 Å². The van der Waals surface area contributed by atoms with Crippen LogP contribution in [0.5, 0.6) is 0 Å². The second kappa shape index (κ2) is 3.61. The first-order chi connectivity index (χ1) is 7.19. The standard InChI is InChI=1S/C11H10N4/c1-2-3-4-9-10(5-12,6-13)11(9,7-14)8-15/h9H,2-4H2,1H3. The van der Waals surface area contributed by atoms with Gasteiger partial charge in [-0.3, -0.25) is 0 Å². The molecule has 74 valence electrons. The molecule has 0 saturated heterocycles. The third-order valence-electron chi connectivity index (χ3n) is 3.14. The lowest BCUT2D eigenvalue weighted by molar-refractivity contribution is 0.589. The molecule has 0 atom stereocenters. The molecule has 0 bridgehead atoms. The fraction of sp³-hybridized carbons (Fsp3) is 0.636. The van der Waals surface area contributed by atoms with Crippen LogP contribution in [0.15, 0.2) is 0 Å². The zero-order valence-corrected chi connectivity index (χ0v) is 8.49. The van der Waals surface area contributed by atoms with Crippen LogP contribution >= 0.6 is 0 Å². The number of nitriles is 4. The lowest BCUT2D eigenvalue weighted by atomic mass is 9.98. The number of unbranched alkanes of at least 4 members (excludes halogenated alkanes) is 1. The molecule has 0 aromatic heterocycles. The van der Waals surface area contributed by atoms with E-state index in [0.29, 0.717) is 6.42 Å². The SMILES string of the molecule is CCCCC1C(C#N)(C#N)C1(C#N)C#N. The van der Waals surface area contributed by atoms with Crippen LogP contribution in [0.25, 0.3) is 0 Å². The van der Waals surface area contributed by atoms with Crippen LogP contribution in [0.1, 0.15) is 26.2 Å². The third-order valence-corrected chi connectivity index (χ3v) is 3.14. The highest BCUT2D eigenvalue weighted by atomic mass is 14.8. The Balaban J connectivity index is 3.03. The maximum atomic E-state index is 8.95. The highest BCUT2D eigenvalue weighted by Crippen LogP contribution is 2.69. The number of nitrogens with zero attached hydrogens (tertiary/aromatic N) is 4. The summed E-state index contributed by atoms with van der Waals surface area (Å²) in [5.41, 5.74) is -2.79. The van der Waals surface area contributed by atoms with Gasteiger partial charge < -0.3 is 0 Å². The molecule has 0 heterocycles. The van der Waals surface area contributed by atoms with Crippen LogP contribution in [0.3, 0.4) is 0 Å². The smallest absolute Gasteiger partial charge is 0.181 e.